The molecule has 0 aliphatic rings. The van der Waals surface area contributed by atoms with E-state index < -0.39 is 0 Å². The Morgan fingerprint density at radius 1 is 1.20 bits per heavy atom. The van der Waals surface area contributed by atoms with Crippen molar-refractivity contribution in [2.45, 2.75) is 6.42 Å². The quantitative estimate of drug-likeness (QED) is 0.730. The van der Waals surface area contributed by atoms with Crippen molar-refractivity contribution in [1.29, 1.82) is 0 Å². The predicted molar refractivity (Wildman–Crippen MR) is 77.7 cm³/mol. The highest BCUT2D eigenvalue weighted by Gasteiger charge is 2.04. The summed E-state index contributed by atoms with van der Waals surface area (Å²) in [6.45, 7) is 0.235. The number of ether oxygens (including phenoxy) is 1. The van der Waals surface area contributed by atoms with Gasteiger partial charge in [0.25, 0.3) is 0 Å². The van der Waals surface area contributed by atoms with E-state index in [9.17, 15) is 9.90 Å². The van der Waals surface area contributed by atoms with Crippen LogP contribution >= 0.6 is 0 Å². The first kappa shape index (κ1) is 13.7. The van der Waals surface area contributed by atoms with Crippen molar-refractivity contribution < 1.29 is 14.6 Å². The van der Waals surface area contributed by atoms with Gasteiger partial charge in [0.05, 0.1) is 18.7 Å². The Morgan fingerprint density at radius 3 is 2.75 bits per heavy atom. The Morgan fingerprint density at radius 2 is 2.00 bits per heavy atom. The monoisotopic (exact) mass is 272 g/mol. The fourth-order valence-electron chi connectivity index (χ4n) is 1.67. The molecule has 104 valence electrons. The lowest BCUT2D eigenvalue weighted by Crippen LogP contribution is -2.15. The van der Waals surface area contributed by atoms with Gasteiger partial charge in [0.15, 0.2) is 0 Å². The summed E-state index contributed by atoms with van der Waals surface area (Å²) >= 11 is 0. The molecule has 0 aliphatic heterocycles. The average molecular weight is 272 g/mol. The summed E-state index contributed by atoms with van der Waals surface area (Å²) in [5, 5.41) is 12.0. The van der Waals surface area contributed by atoms with Crippen LogP contribution in [0.1, 0.15) is 6.42 Å². The Labute approximate surface area is 117 Å². The number of nitrogens with one attached hydrogen (secondary N) is 1. The van der Waals surface area contributed by atoms with Gasteiger partial charge < -0.3 is 20.9 Å². The van der Waals surface area contributed by atoms with E-state index in [-0.39, 0.29) is 24.7 Å². The standard InChI is InChI=1S/C15H16N2O3/c16-13-6-1-2-7-14(13)20-9-8-15(19)17-11-4-3-5-12(18)10-11/h1-7,10,18H,8-9,16H2,(H,17,19). The molecule has 5 heteroatoms. The molecule has 4 N–H and O–H groups in total. The van der Waals surface area contributed by atoms with Crippen LogP contribution in [0.15, 0.2) is 48.5 Å². The normalized spacial score (nSPS) is 10.0. The molecule has 0 heterocycles. The second-order valence-corrected chi connectivity index (χ2v) is 4.23. The number of para-hydroxylation sites is 2. The van der Waals surface area contributed by atoms with Crippen LogP contribution in [-0.2, 0) is 4.79 Å². The molecule has 0 atom stereocenters. The van der Waals surface area contributed by atoms with Gasteiger partial charge in [0.1, 0.15) is 11.5 Å². The van der Waals surface area contributed by atoms with E-state index in [1.165, 1.54) is 12.1 Å². The van der Waals surface area contributed by atoms with Crippen molar-refractivity contribution in [3.8, 4) is 11.5 Å². The van der Waals surface area contributed by atoms with E-state index in [2.05, 4.69) is 5.32 Å². The number of nitrogen functional groups attached to an aromatic ring is 1. The first-order valence-electron chi connectivity index (χ1n) is 6.21. The number of amides is 1. The molecule has 0 unspecified atom stereocenters. The zero-order valence-electron chi connectivity index (χ0n) is 10.9. The largest absolute Gasteiger partial charge is 0.508 e. The Kier molecular flexibility index (Phi) is 4.44. The summed E-state index contributed by atoms with van der Waals surface area (Å²) in [7, 11) is 0. The molecule has 0 aromatic heterocycles. The van der Waals surface area contributed by atoms with E-state index in [4.69, 9.17) is 10.5 Å². The number of rotatable bonds is 5. The highest BCUT2D eigenvalue weighted by Crippen LogP contribution is 2.20. The van der Waals surface area contributed by atoms with Crippen molar-refractivity contribution in [3.05, 3.63) is 48.5 Å². The highest BCUT2D eigenvalue weighted by molar-refractivity contribution is 5.90. The maximum absolute atomic E-state index is 11.7. The van der Waals surface area contributed by atoms with Crippen molar-refractivity contribution in [1.82, 2.24) is 0 Å². The Bertz CT molecular complexity index is 599. The van der Waals surface area contributed by atoms with E-state index in [1.54, 1.807) is 24.3 Å². The number of phenolic OH excluding ortho intramolecular Hbond substituents is 1. The summed E-state index contributed by atoms with van der Waals surface area (Å²) in [6.07, 6.45) is 0.198. The minimum Gasteiger partial charge on any atom is -0.508 e. The van der Waals surface area contributed by atoms with Gasteiger partial charge in [-0.3, -0.25) is 4.79 Å². The second-order valence-electron chi connectivity index (χ2n) is 4.23. The van der Waals surface area contributed by atoms with Crippen molar-refractivity contribution >= 4 is 17.3 Å². The zero-order chi connectivity index (χ0) is 14.4. The van der Waals surface area contributed by atoms with Crippen molar-refractivity contribution in [2.75, 3.05) is 17.7 Å². The highest BCUT2D eigenvalue weighted by atomic mass is 16.5. The minimum absolute atomic E-state index is 0.108. The molecule has 5 nitrogen and oxygen atoms in total. The van der Waals surface area contributed by atoms with Crippen molar-refractivity contribution in [2.24, 2.45) is 0 Å². The third-order valence-electron chi connectivity index (χ3n) is 2.64. The number of hydrogen-bond donors (Lipinski definition) is 3. The first-order chi connectivity index (χ1) is 9.65. The second kappa shape index (κ2) is 6.47. The van der Waals surface area contributed by atoms with Crippen LogP contribution in [0, 0.1) is 0 Å². The molecule has 0 radical (unpaired) electrons. The number of anilines is 2. The molecule has 1 amide bonds. The van der Waals surface area contributed by atoms with Gasteiger partial charge in [-0.1, -0.05) is 18.2 Å². The molecule has 0 aliphatic carbocycles. The van der Waals surface area contributed by atoms with E-state index in [0.717, 1.165) is 0 Å². The van der Waals surface area contributed by atoms with Crippen LogP contribution in [0.4, 0.5) is 11.4 Å². The maximum atomic E-state index is 11.7. The number of nitrogens with two attached hydrogens (primary N) is 1. The molecule has 0 fully saturated rings. The number of benzene rings is 2. The van der Waals surface area contributed by atoms with Gasteiger partial charge in [-0.15, -0.1) is 0 Å². The van der Waals surface area contributed by atoms with Gasteiger partial charge >= 0.3 is 0 Å². The zero-order valence-corrected chi connectivity index (χ0v) is 10.9. The SMILES string of the molecule is Nc1ccccc1OCCC(=O)Nc1cccc(O)c1. The lowest BCUT2D eigenvalue weighted by atomic mass is 10.3. The third kappa shape index (κ3) is 3.91. The smallest absolute Gasteiger partial charge is 0.227 e. The molecule has 2 rings (SSSR count). The summed E-state index contributed by atoms with van der Waals surface area (Å²) < 4.78 is 5.43. The fraction of sp³-hybridized carbons (Fsp3) is 0.133. The molecule has 0 bridgehead atoms. The van der Waals surface area contributed by atoms with Crippen LogP contribution in [0.25, 0.3) is 0 Å². The van der Waals surface area contributed by atoms with E-state index in [0.29, 0.717) is 17.1 Å². The van der Waals surface area contributed by atoms with Crippen LogP contribution in [0.3, 0.4) is 0 Å². The molecule has 2 aromatic carbocycles. The predicted octanol–water partition coefficient (Wildman–Crippen LogP) is 2.38. The molecular formula is C15H16N2O3. The lowest BCUT2D eigenvalue weighted by molar-refractivity contribution is -0.116. The first-order valence-corrected chi connectivity index (χ1v) is 6.21. The van der Waals surface area contributed by atoms with Crippen molar-refractivity contribution in [3.63, 3.8) is 0 Å². The molecule has 0 saturated carbocycles. The molecule has 0 spiro atoms. The van der Waals surface area contributed by atoms with Gasteiger partial charge in [0.2, 0.25) is 5.91 Å². The summed E-state index contributed by atoms with van der Waals surface area (Å²) in [6, 6.07) is 13.5. The molecular weight excluding hydrogens is 256 g/mol. The average Bonchev–Trinajstić information content (AvgIpc) is 2.41. The van der Waals surface area contributed by atoms with Crippen LogP contribution in [0.5, 0.6) is 11.5 Å². The molecule has 0 saturated heterocycles. The van der Waals surface area contributed by atoms with E-state index in [1.807, 2.05) is 12.1 Å². The minimum atomic E-state index is -0.190. The summed E-state index contributed by atoms with van der Waals surface area (Å²) in [4.78, 5) is 11.7. The van der Waals surface area contributed by atoms with Gasteiger partial charge in [-0.25, -0.2) is 0 Å². The number of hydrogen-bond acceptors (Lipinski definition) is 4. The Hall–Kier alpha value is -2.69. The van der Waals surface area contributed by atoms with Crippen LogP contribution < -0.4 is 15.8 Å². The summed E-state index contributed by atoms with van der Waals surface area (Å²) in [5.41, 5.74) is 6.82. The molecule has 2 aromatic rings. The topological polar surface area (TPSA) is 84.6 Å². The van der Waals surface area contributed by atoms with Gasteiger partial charge in [0, 0.05) is 11.8 Å². The van der Waals surface area contributed by atoms with E-state index >= 15 is 0 Å². The molecule has 20 heavy (non-hydrogen) atoms. The number of carbonyl (C=O) groups excluding carboxylic acids is 1. The maximum Gasteiger partial charge on any atom is 0.227 e. The number of phenols is 1. The van der Waals surface area contributed by atoms with Crippen LogP contribution in [-0.4, -0.2) is 17.6 Å². The lowest BCUT2D eigenvalue weighted by Gasteiger charge is -2.09. The third-order valence-corrected chi connectivity index (χ3v) is 2.64. The number of aromatic hydroxyl groups is 1. The fourth-order valence-corrected chi connectivity index (χ4v) is 1.67. The van der Waals surface area contributed by atoms with Gasteiger partial charge in [-0.2, -0.15) is 0 Å². The van der Waals surface area contributed by atoms with Gasteiger partial charge in [-0.05, 0) is 24.3 Å². The number of carbonyl (C=O) groups is 1. The summed E-state index contributed by atoms with van der Waals surface area (Å²) in [5.74, 6) is 0.485. The Balaban J connectivity index is 1.80. The van der Waals surface area contributed by atoms with Crippen LogP contribution in [0.2, 0.25) is 0 Å².